The Balaban J connectivity index is 1.42. The van der Waals surface area contributed by atoms with E-state index in [0.29, 0.717) is 30.1 Å². The second-order valence-corrected chi connectivity index (χ2v) is 14.6. The first-order valence-corrected chi connectivity index (χ1v) is 15.4. The van der Waals surface area contributed by atoms with E-state index in [-0.39, 0.29) is 42.6 Å². The Morgan fingerprint density at radius 2 is 1.61 bits per heavy atom. The normalized spacial score (nSPS) is 38.9. The molecule has 6 nitrogen and oxygen atoms in total. The lowest BCUT2D eigenvalue weighted by molar-refractivity contribution is -0.282. The van der Waals surface area contributed by atoms with E-state index in [0.717, 1.165) is 50.7 Å². The summed E-state index contributed by atoms with van der Waals surface area (Å²) in [5, 5.41) is 10.4. The van der Waals surface area contributed by atoms with E-state index in [9.17, 15) is 27.9 Å². The Kier molecular flexibility index (Phi) is 9.31. The molecule has 0 aliphatic heterocycles. The highest BCUT2D eigenvalue weighted by Crippen LogP contribution is 2.66. The van der Waals surface area contributed by atoms with Crippen LogP contribution in [-0.2, 0) is 23.8 Å². The van der Waals surface area contributed by atoms with E-state index in [1.807, 2.05) is 0 Å². The Hall–Kier alpha value is -1.61. The highest BCUT2D eigenvalue weighted by molar-refractivity contribution is 5.91. The number of methoxy groups -OCH3 is 1. The van der Waals surface area contributed by atoms with Gasteiger partial charge in [0.2, 0.25) is 0 Å². The van der Waals surface area contributed by atoms with Crippen LogP contribution in [0.4, 0.5) is 13.2 Å². The van der Waals surface area contributed by atoms with Gasteiger partial charge in [-0.15, -0.1) is 0 Å². The van der Waals surface area contributed by atoms with Crippen molar-refractivity contribution in [3.63, 3.8) is 0 Å². The van der Waals surface area contributed by atoms with Crippen LogP contribution in [0.15, 0.2) is 12.2 Å². The molecule has 0 bridgehead atoms. The minimum atomic E-state index is -4.57. The largest absolute Gasteiger partial charge is 0.457 e. The second-order valence-electron chi connectivity index (χ2n) is 14.6. The molecule has 4 fully saturated rings. The minimum absolute atomic E-state index is 0.0354. The van der Waals surface area contributed by atoms with Gasteiger partial charge in [0.1, 0.15) is 11.7 Å². The van der Waals surface area contributed by atoms with Gasteiger partial charge in [0, 0.05) is 19.3 Å². The van der Waals surface area contributed by atoms with Crippen molar-refractivity contribution in [2.75, 3.05) is 13.7 Å². The van der Waals surface area contributed by atoms with E-state index < -0.39 is 35.4 Å². The molecule has 4 aliphatic rings. The summed E-state index contributed by atoms with van der Waals surface area (Å²) in [7, 11) is 1.58. The average molecular weight is 587 g/mol. The topological polar surface area (TPSA) is 82.1 Å². The summed E-state index contributed by atoms with van der Waals surface area (Å²) < 4.78 is 57.2. The predicted molar refractivity (Wildman–Crippen MR) is 148 cm³/mol. The van der Waals surface area contributed by atoms with Gasteiger partial charge < -0.3 is 19.3 Å². The Morgan fingerprint density at radius 3 is 2.24 bits per heavy atom. The van der Waals surface area contributed by atoms with Crippen LogP contribution in [0.3, 0.4) is 0 Å². The van der Waals surface area contributed by atoms with Gasteiger partial charge in [-0.1, -0.05) is 13.8 Å². The standard InChI is InChI=1S/C32H49F3O6/c1-19(26(18-39-6)40-27(36)11-12-28(37)41-29(2,3)4)24-9-10-25-23-8-7-20-17-31(38,32(33,34)35)16-14-21(20)22(23)13-15-30(24,25)5/h11-12,19-26,38H,7-10,13-18H2,1-6H3/b12-11+/t19-,20+,21-,22+,23+,24+,25-,26+,30+,31+/m0/s1. The van der Waals surface area contributed by atoms with Gasteiger partial charge in [-0.05, 0) is 125 Å². The van der Waals surface area contributed by atoms with Gasteiger partial charge in [0.15, 0.2) is 5.60 Å². The minimum Gasteiger partial charge on any atom is -0.457 e. The van der Waals surface area contributed by atoms with Crippen molar-refractivity contribution < 1.29 is 42.1 Å². The number of carbonyl (C=O) groups is 2. The van der Waals surface area contributed by atoms with E-state index in [4.69, 9.17) is 14.2 Å². The van der Waals surface area contributed by atoms with E-state index in [1.54, 1.807) is 27.9 Å². The zero-order valence-corrected chi connectivity index (χ0v) is 25.5. The van der Waals surface area contributed by atoms with E-state index >= 15 is 0 Å². The zero-order chi connectivity index (χ0) is 30.4. The molecular formula is C32H49F3O6. The van der Waals surface area contributed by atoms with Crippen molar-refractivity contribution in [3.8, 4) is 0 Å². The lowest BCUT2D eigenvalue weighted by Gasteiger charge is -2.57. The molecule has 4 aliphatic carbocycles. The molecule has 0 aromatic heterocycles. The van der Waals surface area contributed by atoms with Crippen molar-refractivity contribution in [3.05, 3.63) is 12.2 Å². The molecule has 0 amide bonds. The molecule has 234 valence electrons. The third-order valence-corrected chi connectivity index (χ3v) is 11.2. The molecule has 1 N–H and O–H groups in total. The third kappa shape index (κ3) is 6.66. The zero-order valence-electron chi connectivity index (χ0n) is 25.5. The number of ether oxygens (including phenoxy) is 3. The summed E-state index contributed by atoms with van der Waals surface area (Å²) >= 11 is 0. The number of hydrogen-bond acceptors (Lipinski definition) is 6. The molecule has 10 atom stereocenters. The van der Waals surface area contributed by atoms with Gasteiger partial charge in [-0.3, -0.25) is 0 Å². The molecule has 4 rings (SSSR count). The van der Waals surface area contributed by atoms with Crippen LogP contribution in [-0.4, -0.2) is 54.2 Å². The summed E-state index contributed by atoms with van der Waals surface area (Å²) in [5.41, 5.74) is -3.14. The molecule has 0 aromatic rings. The van der Waals surface area contributed by atoms with Gasteiger partial charge in [0.25, 0.3) is 0 Å². The molecular weight excluding hydrogens is 537 g/mol. The molecule has 9 heteroatoms. The highest BCUT2D eigenvalue weighted by Gasteiger charge is 2.62. The van der Waals surface area contributed by atoms with E-state index in [2.05, 4.69) is 13.8 Å². The smallest absolute Gasteiger partial charge is 0.417 e. The van der Waals surface area contributed by atoms with Crippen molar-refractivity contribution in [2.24, 2.45) is 46.8 Å². The van der Waals surface area contributed by atoms with Gasteiger partial charge in [-0.2, -0.15) is 13.2 Å². The molecule has 41 heavy (non-hydrogen) atoms. The van der Waals surface area contributed by atoms with Crippen LogP contribution in [0, 0.1) is 46.8 Å². The maximum atomic E-state index is 13.6. The Labute approximate surface area is 242 Å². The van der Waals surface area contributed by atoms with Gasteiger partial charge in [-0.25, -0.2) is 9.59 Å². The number of aliphatic hydroxyl groups is 1. The monoisotopic (exact) mass is 586 g/mol. The van der Waals surface area contributed by atoms with Crippen LogP contribution in [0.2, 0.25) is 0 Å². The van der Waals surface area contributed by atoms with Gasteiger partial charge >= 0.3 is 18.1 Å². The van der Waals surface area contributed by atoms with Crippen LogP contribution in [0.25, 0.3) is 0 Å². The maximum Gasteiger partial charge on any atom is 0.417 e. The lowest BCUT2D eigenvalue weighted by atomic mass is 9.48. The van der Waals surface area contributed by atoms with Crippen molar-refractivity contribution in [1.29, 1.82) is 0 Å². The SMILES string of the molecule is COC[C@@H](OC(=O)/C=C/C(=O)OC(C)(C)C)[C@@H](C)[C@H]1CC[C@H]2[C@@H]3CC[C@@H]4C[C@@](O)(C(F)(F)F)CC[C@@H]4[C@H]3CC[C@]12C. The van der Waals surface area contributed by atoms with Gasteiger partial charge in [0.05, 0.1) is 6.61 Å². The average Bonchev–Trinajstić information content (AvgIpc) is 3.22. The Morgan fingerprint density at radius 1 is 0.951 bits per heavy atom. The van der Waals surface area contributed by atoms with Crippen molar-refractivity contribution in [2.45, 2.75) is 116 Å². The summed E-state index contributed by atoms with van der Waals surface area (Å²) in [6.45, 7) is 10.0. The third-order valence-electron chi connectivity index (χ3n) is 11.2. The maximum absolute atomic E-state index is 13.6. The number of hydrogen-bond donors (Lipinski definition) is 1. The highest BCUT2D eigenvalue weighted by atomic mass is 19.4. The first-order valence-electron chi connectivity index (χ1n) is 15.4. The van der Waals surface area contributed by atoms with Crippen LogP contribution in [0.5, 0.6) is 0 Å². The van der Waals surface area contributed by atoms with Crippen molar-refractivity contribution >= 4 is 11.9 Å². The quantitative estimate of drug-likeness (QED) is 0.266. The number of esters is 2. The first-order chi connectivity index (χ1) is 19.0. The lowest BCUT2D eigenvalue weighted by Crippen LogP contribution is -2.55. The summed E-state index contributed by atoms with van der Waals surface area (Å²) in [5.74, 6) is 0.737. The molecule has 0 unspecified atom stereocenters. The van der Waals surface area contributed by atoms with Crippen LogP contribution >= 0.6 is 0 Å². The predicted octanol–water partition coefficient (Wildman–Crippen LogP) is 6.64. The Bertz CT molecular complexity index is 989. The number of alkyl halides is 3. The fourth-order valence-electron chi connectivity index (χ4n) is 9.42. The van der Waals surface area contributed by atoms with Crippen LogP contribution < -0.4 is 0 Å². The fraction of sp³-hybridized carbons (Fsp3) is 0.875. The first kappa shape index (κ1) is 32.3. The number of carbonyl (C=O) groups excluding carboxylic acids is 2. The summed E-state index contributed by atoms with van der Waals surface area (Å²) in [4.78, 5) is 24.6. The fourth-order valence-corrected chi connectivity index (χ4v) is 9.42. The number of halogens is 3. The molecule has 0 saturated heterocycles. The molecule has 0 heterocycles. The van der Waals surface area contributed by atoms with Crippen molar-refractivity contribution in [1.82, 2.24) is 0 Å². The summed E-state index contributed by atoms with van der Waals surface area (Å²) in [6.07, 6.45) is 3.04. The second kappa shape index (κ2) is 11.8. The molecule has 4 saturated carbocycles. The number of rotatable bonds is 7. The van der Waals surface area contributed by atoms with E-state index in [1.165, 1.54) is 0 Å². The molecule has 0 radical (unpaired) electrons. The number of fused-ring (bicyclic) bond motifs is 5. The molecule has 0 spiro atoms. The summed E-state index contributed by atoms with van der Waals surface area (Å²) in [6, 6.07) is 0. The molecule has 0 aromatic carbocycles. The van der Waals surface area contributed by atoms with Crippen LogP contribution in [0.1, 0.15) is 92.4 Å².